The van der Waals surface area contributed by atoms with Crippen molar-refractivity contribution in [1.82, 2.24) is 0 Å². The lowest BCUT2D eigenvalue weighted by atomic mass is 9.77. The number of ether oxygens (including phenoxy) is 1. The van der Waals surface area contributed by atoms with E-state index in [2.05, 4.69) is 19.9 Å². The zero-order valence-corrected chi connectivity index (χ0v) is 9.53. The SMILES string of the molecule is CC(C)C1(OC=O)CC=C(CCO)CC1. The number of hydrogen-bond donors (Lipinski definition) is 1. The fraction of sp³-hybridized carbons (Fsp3) is 0.750. The molecule has 0 aromatic rings. The third-order valence-corrected chi connectivity index (χ3v) is 3.37. The Kier molecular flexibility index (Phi) is 4.33. The lowest BCUT2D eigenvalue weighted by molar-refractivity contribution is -0.150. The smallest absolute Gasteiger partial charge is 0.293 e. The van der Waals surface area contributed by atoms with Gasteiger partial charge in [0.25, 0.3) is 6.47 Å². The molecule has 0 bridgehead atoms. The van der Waals surface area contributed by atoms with Gasteiger partial charge in [-0.25, -0.2) is 0 Å². The molecule has 1 aliphatic carbocycles. The normalized spacial score (nSPS) is 26.3. The maximum absolute atomic E-state index is 10.5. The first-order chi connectivity index (χ1) is 7.14. The van der Waals surface area contributed by atoms with Crippen LogP contribution in [0.2, 0.25) is 0 Å². The summed E-state index contributed by atoms with van der Waals surface area (Å²) in [5.41, 5.74) is 0.962. The summed E-state index contributed by atoms with van der Waals surface area (Å²) in [4.78, 5) is 10.5. The quantitative estimate of drug-likeness (QED) is 0.560. The van der Waals surface area contributed by atoms with Crippen molar-refractivity contribution in [2.75, 3.05) is 6.61 Å². The molecule has 15 heavy (non-hydrogen) atoms. The molecular weight excluding hydrogens is 192 g/mol. The minimum atomic E-state index is -0.319. The standard InChI is InChI=1S/C12H20O3/c1-10(2)12(15-9-14)6-3-11(4-7-12)5-8-13/h3,9-10,13H,4-8H2,1-2H3. The summed E-state index contributed by atoms with van der Waals surface area (Å²) in [5.74, 6) is 0.328. The highest BCUT2D eigenvalue weighted by Crippen LogP contribution is 2.37. The van der Waals surface area contributed by atoms with Gasteiger partial charge in [0, 0.05) is 13.0 Å². The number of aliphatic hydroxyl groups is 1. The van der Waals surface area contributed by atoms with Crippen molar-refractivity contribution in [3.63, 3.8) is 0 Å². The van der Waals surface area contributed by atoms with Gasteiger partial charge in [-0.05, 0) is 25.2 Å². The molecule has 3 heteroatoms. The van der Waals surface area contributed by atoms with Crippen LogP contribution in [0.15, 0.2) is 11.6 Å². The molecule has 0 saturated carbocycles. The highest BCUT2D eigenvalue weighted by molar-refractivity contribution is 5.39. The lowest BCUT2D eigenvalue weighted by Crippen LogP contribution is -2.39. The van der Waals surface area contributed by atoms with E-state index in [1.165, 1.54) is 5.57 Å². The fourth-order valence-electron chi connectivity index (χ4n) is 2.13. The van der Waals surface area contributed by atoms with Gasteiger partial charge < -0.3 is 9.84 Å². The van der Waals surface area contributed by atoms with Crippen LogP contribution < -0.4 is 0 Å². The molecule has 3 nitrogen and oxygen atoms in total. The average molecular weight is 212 g/mol. The minimum absolute atomic E-state index is 0.203. The summed E-state index contributed by atoms with van der Waals surface area (Å²) < 4.78 is 5.27. The monoisotopic (exact) mass is 212 g/mol. The molecule has 86 valence electrons. The van der Waals surface area contributed by atoms with Crippen molar-refractivity contribution < 1.29 is 14.6 Å². The van der Waals surface area contributed by atoms with Gasteiger partial charge in [-0.15, -0.1) is 0 Å². The number of rotatable bonds is 5. The molecule has 1 aliphatic rings. The Morgan fingerprint density at radius 2 is 2.40 bits per heavy atom. The zero-order valence-electron chi connectivity index (χ0n) is 9.53. The molecule has 1 N–H and O–H groups in total. The predicted octanol–water partition coefficient (Wildman–Crippen LogP) is 2.05. The van der Waals surface area contributed by atoms with E-state index in [4.69, 9.17) is 9.84 Å². The van der Waals surface area contributed by atoms with Gasteiger partial charge in [0.05, 0.1) is 0 Å². The maximum Gasteiger partial charge on any atom is 0.293 e. The molecule has 1 unspecified atom stereocenters. The van der Waals surface area contributed by atoms with Crippen LogP contribution >= 0.6 is 0 Å². The van der Waals surface area contributed by atoms with Crippen LogP contribution in [0.25, 0.3) is 0 Å². The minimum Gasteiger partial charge on any atom is -0.461 e. The number of carbonyl (C=O) groups excluding carboxylic acids is 1. The van der Waals surface area contributed by atoms with E-state index in [1.54, 1.807) is 0 Å². The summed E-state index contributed by atoms with van der Waals surface area (Å²) >= 11 is 0. The second kappa shape index (κ2) is 5.31. The van der Waals surface area contributed by atoms with Crippen LogP contribution in [0.5, 0.6) is 0 Å². The highest BCUT2D eigenvalue weighted by Gasteiger charge is 2.36. The van der Waals surface area contributed by atoms with Crippen LogP contribution in [0.3, 0.4) is 0 Å². The number of carbonyl (C=O) groups is 1. The second-order valence-corrected chi connectivity index (χ2v) is 4.47. The van der Waals surface area contributed by atoms with Gasteiger partial charge >= 0.3 is 0 Å². The van der Waals surface area contributed by atoms with Crippen LogP contribution in [0.1, 0.15) is 39.5 Å². The summed E-state index contributed by atoms with van der Waals surface area (Å²) in [5, 5.41) is 8.83. The number of hydrogen-bond acceptors (Lipinski definition) is 3. The van der Waals surface area contributed by atoms with Crippen LogP contribution in [0.4, 0.5) is 0 Å². The first kappa shape index (κ1) is 12.2. The second-order valence-electron chi connectivity index (χ2n) is 4.47. The van der Waals surface area contributed by atoms with Crippen molar-refractivity contribution >= 4 is 6.47 Å². The number of aliphatic hydroxyl groups excluding tert-OH is 1. The average Bonchev–Trinajstić information content (AvgIpc) is 2.21. The van der Waals surface area contributed by atoms with Crippen LogP contribution in [-0.2, 0) is 9.53 Å². The molecule has 0 spiro atoms. The molecule has 0 aromatic carbocycles. The van der Waals surface area contributed by atoms with E-state index >= 15 is 0 Å². The largest absolute Gasteiger partial charge is 0.461 e. The van der Waals surface area contributed by atoms with Gasteiger partial charge in [-0.1, -0.05) is 25.5 Å². The Morgan fingerprint density at radius 1 is 1.67 bits per heavy atom. The Morgan fingerprint density at radius 3 is 2.80 bits per heavy atom. The van der Waals surface area contributed by atoms with Crippen molar-refractivity contribution in [1.29, 1.82) is 0 Å². The van der Waals surface area contributed by atoms with Gasteiger partial charge in [0.2, 0.25) is 0 Å². The zero-order chi connectivity index (χ0) is 11.3. The Balaban J connectivity index is 2.68. The van der Waals surface area contributed by atoms with Crippen molar-refractivity contribution in [3.05, 3.63) is 11.6 Å². The first-order valence-corrected chi connectivity index (χ1v) is 5.55. The van der Waals surface area contributed by atoms with E-state index in [0.717, 1.165) is 25.7 Å². The van der Waals surface area contributed by atoms with Gasteiger partial charge in [0.1, 0.15) is 5.60 Å². The Hall–Kier alpha value is -0.830. The molecule has 0 amide bonds. The third-order valence-electron chi connectivity index (χ3n) is 3.37. The molecule has 0 aromatic heterocycles. The van der Waals surface area contributed by atoms with Gasteiger partial charge in [0.15, 0.2) is 0 Å². The highest BCUT2D eigenvalue weighted by atomic mass is 16.5. The maximum atomic E-state index is 10.5. The Labute approximate surface area is 91.1 Å². The molecule has 1 rings (SSSR count). The molecule has 0 heterocycles. The van der Waals surface area contributed by atoms with Crippen molar-refractivity contribution in [3.8, 4) is 0 Å². The summed E-state index contributed by atoms with van der Waals surface area (Å²) in [6, 6.07) is 0. The van der Waals surface area contributed by atoms with Crippen LogP contribution in [0, 0.1) is 5.92 Å². The van der Waals surface area contributed by atoms with E-state index in [-0.39, 0.29) is 12.2 Å². The van der Waals surface area contributed by atoms with Crippen molar-refractivity contribution in [2.24, 2.45) is 5.92 Å². The van der Waals surface area contributed by atoms with Crippen LogP contribution in [-0.4, -0.2) is 23.8 Å². The molecule has 0 aliphatic heterocycles. The topological polar surface area (TPSA) is 46.5 Å². The third kappa shape index (κ3) is 2.81. The fourth-order valence-corrected chi connectivity index (χ4v) is 2.13. The Bertz CT molecular complexity index is 245. The summed E-state index contributed by atoms with van der Waals surface area (Å²) in [6.07, 6.45) is 5.43. The molecule has 0 radical (unpaired) electrons. The summed E-state index contributed by atoms with van der Waals surface area (Å²) in [6.45, 7) is 4.92. The van der Waals surface area contributed by atoms with Gasteiger partial charge in [-0.3, -0.25) is 4.79 Å². The molecule has 1 atom stereocenters. The van der Waals surface area contributed by atoms with Crippen molar-refractivity contribution in [2.45, 2.75) is 45.1 Å². The molecule has 0 saturated heterocycles. The van der Waals surface area contributed by atoms with E-state index in [1.807, 2.05) is 0 Å². The first-order valence-electron chi connectivity index (χ1n) is 5.55. The van der Waals surface area contributed by atoms with E-state index < -0.39 is 0 Å². The molecule has 0 fully saturated rings. The molecular formula is C12H20O3. The van der Waals surface area contributed by atoms with Gasteiger partial charge in [-0.2, -0.15) is 0 Å². The predicted molar refractivity (Wildman–Crippen MR) is 58.4 cm³/mol. The lowest BCUT2D eigenvalue weighted by Gasteiger charge is -2.38. The summed E-state index contributed by atoms with van der Waals surface area (Å²) in [7, 11) is 0. The van der Waals surface area contributed by atoms with E-state index in [0.29, 0.717) is 12.4 Å². The van der Waals surface area contributed by atoms with E-state index in [9.17, 15) is 4.79 Å².